The van der Waals surface area contributed by atoms with Gasteiger partial charge in [-0.25, -0.2) is 4.79 Å². The van der Waals surface area contributed by atoms with E-state index in [9.17, 15) is 14.7 Å². The number of hydrogen-bond donors (Lipinski definition) is 4. The molecular formula is C26H43N3O5Si. The second-order valence-electron chi connectivity index (χ2n) is 13.3. The molecule has 3 aliphatic heterocycles. The molecule has 6 aliphatic rings. The van der Waals surface area contributed by atoms with E-state index in [4.69, 9.17) is 9.16 Å². The van der Waals surface area contributed by atoms with E-state index in [0.717, 1.165) is 24.8 Å². The molecule has 7 atom stereocenters. The second-order valence-corrected chi connectivity index (χ2v) is 18.1. The third-order valence-corrected chi connectivity index (χ3v) is 14.5. The highest BCUT2D eigenvalue weighted by molar-refractivity contribution is 6.74. The quantitative estimate of drug-likeness (QED) is 0.261. The second kappa shape index (κ2) is 7.79. The zero-order valence-corrected chi connectivity index (χ0v) is 23.3. The van der Waals surface area contributed by atoms with Gasteiger partial charge in [0.15, 0.2) is 8.32 Å². The topological polar surface area (TPSA) is 112 Å². The van der Waals surface area contributed by atoms with E-state index < -0.39 is 30.7 Å². The molecule has 4 fully saturated rings. The molecule has 1 spiro atoms. The van der Waals surface area contributed by atoms with Gasteiger partial charge in [-0.05, 0) is 69.7 Å². The Kier molecular flexibility index (Phi) is 5.62. The molecule has 3 amide bonds. The Labute approximate surface area is 210 Å². The predicted molar refractivity (Wildman–Crippen MR) is 135 cm³/mol. The molecule has 8 nitrogen and oxygen atoms in total. The minimum absolute atomic E-state index is 0.0152. The Balaban J connectivity index is 1.65. The first-order valence-electron chi connectivity index (χ1n) is 13.3. The number of urea groups is 1. The maximum absolute atomic E-state index is 13.9. The third kappa shape index (κ3) is 3.41. The molecule has 4 N–H and O–H groups in total. The molecule has 0 unspecified atom stereocenters. The van der Waals surface area contributed by atoms with Gasteiger partial charge in [-0.3, -0.25) is 4.79 Å². The summed E-state index contributed by atoms with van der Waals surface area (Å²) in [5.41, 5.74) is -1.25. The van der Waals surface area contributed by atoms with Crippen molar-refractivity contribution in [2.24, 2.45) is 11.3 Å². The maximum atomic E-state index is 13.9. The van der Waals surface area contributed by atoms with Crippen LogP contribution in [0.25, 0.3) is 0 Å². The van der Waals surface area contributed by atoms with Crippen LogP contribution in [0.15, 0.2) is 11.6 Å². The van der Waals surface area contributed by atoms with Crippen LogP contribution in [0.2, 0.25) is 18.1 Å². The van der Waals surface area contributed by atoms with Crippen LogP contribution in [0.1, 0.15) is 66.7 Å². The van der Waals surface area contributed by atoms with E-state index in [-0.39, 0.29) is 47.9 Å². The van der Waals surface area contributed by atoms with Crippen LogP contribution in [-0.2, 0) is 14.0 Å². The number of nitrogens with one attached hydrogen (secondary N) is 3. The summed E-state index contributed by atoms with van der Waals surface area (Å²) in [5.74, 6) is -0.547. The van der Waals surface area contributed by atoms with Gasteiger partial charge < -0.3 is 30.2 Å². The van der Waals surface area contributed by atoms with Crippen LogP contribution in [0.3, 0.4) is 0 Å². The van der Waals surface area contributed by atoms with Crippen LogP contribution < -0.4 is 16.0 Å². The number of aliphatic hydroxyl groups is 1. The summed E-state index contributed by atoms with van der Waals surface area (Å²) < 4.78 is 13.3. The van der Waals surface area contributed by atoms with Gasteiger partial charge in [-0.2, -0.15) is 0 Å². The van der Waals surface area contributed by atoms with Crippen molar-refractivity contribution in [2.45, 2.75) is 120 Å². The van der Waals surface area contributed by atoms with Crippen molar-refractivity contribution in [2.75, 3.05) is 6.61 Å². The molecule has 2 saturated carbocycles. The van der Waals surface area contributed by atoms with Gasteiger partial charge in [0.2, 0.25) is 5.91 Å². The van der Waals surface area contributed by atoms with Crippen molar-refractivity contribution < 1.29 is 23.9 Å². The molecule has 9 heteroatoms. The number of epoxide rings is 1. The molecule has 2 saturated heterocycles. The number of carbonyl (C=O) groups is 2. The van der Waals surface area contributed by atoms with Crippen molar-refractivity contribution in [1.29, 1.82) is 0 Å². The van der Waals surface area contributed by atoms with E-state index in [1.165, 1.54) is 0 Å². The lowest BCUT2D eigenvalue weighted by Crippen LogP contribution is -2.74. The summed E-state index contributed by atoms with van der Waals surface area (Å²) >= 11 is 0. The molecule has 6 rings (SSSR count). The van der Waals surface area contributed by atoms with Crippen molar-refractivity contribution in [3.05, 3.63) is 11.6 Å². The summed E-state index contributed by atoms with van der Waals surface area (Å²) in [6, 6.07) is -0.290. The summed E-state index contributed by atoms with van der Waals surface area (Å²) in [7, 11) is -2.17. The van der Waals surface area contributed by atoms with Crippen LogP contribution >= 0.6 is 0 Å². The average Bonchev–Trinajstić information content (AvgIpc) is 3.35. The van der Waals surface area contributed by atoms with E-state index in [1.54, 1.807) is 0 Å². The van der Waals surface area contributed by atoms with Gasteiger partial charge in [-0.15, -0.1) is 0 Å². The van der Waals surface area contributed by atoms with Gasteiger partial charge in [0.1, 0.15) is 12.2 Å². The van der Waals surface area contributed by atoms with E-state index in [0.29, 0.717) is 12.8 Å². The summed E-state index contributed by atoms with van der Waals surface area (Å²) in [6.07, 6.45) is 5.33. The van der Waals surface area contributed by atoms with Crippen molar-refractivity contribution >= 4 is 20.3 Å². The van der Waals surface area contributed by atoms with Gasteiger partial charge in [0, 0.05) is 6.04 Å². The predicted octanol–water partition coefficient (Wildman–Crippen LogP) is 2.97. The Morgan fingerprint density at radius 2 is 2.06 bits per heavy atom. The van der Waals surface area contributed by atoms with Crippen molar-refractivity contribution in [3.8, 4) is 0 Å². The number of aliphatic hydroxyl groups excluding tert-OH is 1. The van der Waals surface area contributed by atoms with E-state index in [2.05, 4.69) is 55.9 Å². The lowest BCUT2D eigenvalue weighted by molar-refractivity contribution is -0.134. The Morgan fingerprint density at radius 1 is 1.34 bits per heavy atom. The third-order valence-electron chi connectivity index (χ3n) is 9.99. The fourth-order valence-corrected chi connectivity index (χ4v) is 8.65. The average molecular weight is 506 g/mol. The minimum atomic E-state index is -2.17. The molecule has 0 aromatic rings. The largest absolute Gasteiger partial charge is 0.413 e. The molecule has 2 bridgehead atoms. The van der Waals surface area contributed by atoms with Crippen molar-refractivity contribution in [1.82, 2.24) is 16.0 Å². The van der Waals surface area contributed by atoms with Crippen LogP contribution in [0.4, 0.5) is 4.79 Å². The zero-order chi connectivity index (χ0) is 25.6. The smallest absolute Gasteiger partial charge is 0.315 e. The number of ether oxygens (including phenoxy) is 1. The molecular weight excluding hydrogens is 462 g/mol. The molecule has 0 aromatic heterocycles. The highest BCUT2D eigenvalue weighted by atomic mass is 28.4. The molecule has 35 heavy (non-hydrogen) atoms. The molecule has 0 radical (unpaired) electrons. The monoisotopic (exact) mass is 505 g/mol. The Morgan fingerprint density at radius 3 is 2.69 bits per heavy atom. The fraction of sp³-hybridized carbons (Fsp3) is 0.846. The Hall–Kier alpha value is -1.42. The van der Waals surface area contributed by atoms with Crippen LogP contribution in [0, 0.1) is 11.3 Å². The number of fused-ring (bicyclic) bond motifs is 1. The lowest BCUT2D eigenvalue weighted by atomic mass is 9.59. The Bertz CT molecular complexity index is 961. The van der Waals surface area contributed by atoms with Gasteiger partial charge in [-0.1, -0.05) is 26.8 Å². The first kappa shape index (κ1) is 25.2. The first-order valence-corrected chi connectivity index (χ1v) is 16.2. The van der Waals surface area contributed by atoms with Crippen LogP contribution in [0.5, 0.6) is 0 Å². The summed E-state index contributed by atoms with van der Waals surface area (Å²) in [5, 5.41) is 20.7. The highest BCUT2D eigenvalue weighted by Crippen LogP contribution is 2.64. The fourth-order valence-electron chi connectivity index (χ4n) is 7.25. The number of rotatable bonds is 5. The molecule has 196 valence electrons. The normalized spacial score (nSPS) is 43.3. The first-order chi connectivity index (χ1) is 16.2. The number of hydrogen-bond acceptors (Lipinski definition) is 5. The number of carbonyl (C=O) groups excluding carboxylic acids is 2. The summed E-state index contributed by atoms with van der Waals surface area (Å²) in [4.78, 5) is 26.9. The van der Waals surface area contributed by atoms with Crippen LogP contribution in [-0.4, -0.2) is 67.4 Å². The standard InChI is InChI=1S/C26H43N3O5Si/c1-15(2)27-22(32)29-25-11-8-9-16(25)13-24(14-30)17(34-35(6,7)23(3,4)5)10-12-26(24)20-19(33-20)18(25)21(31)28-26/h13,15,17-20,30H,8-12,14H2,1-7H3,(H,28,31)(H2,27,29,32)/b16-13-/t17-,18+,19+,20+,24+,25+,26-/m0/s1. The van der Waals surface area contributed by atoms with Gasteiger partial charge >= 0.3 is 6.03 Å². The number of piperidine rings is 1. The minimum Gasteiger partial charge on any atom is -0.413 e. The molecule has 0 aromatic carbocycles. The van der Waals surface area contributed by atoms with E-state index in [1.807, 2.05) is 13.8 Å². The summed E-state index contributed by atoms with van der Waals surface area (Å²) in [6.45, 7) is 14.8. The van der Waals surface area contributed by atoms with Gasteiger partial charge in [0.25, 0.3) is 0 Å². The molecule has 3 aliphatic carbocycles. The SMILES string of the molecule is CC(C)NC(=O)N[C@]12CCC/C1=C/[C@@]1(CO)[C@@H](O[Si](C)(C)C(C)(C)C)CC[C@@]13NC(=O)[C@H]2[C@H]1O[C@H]13. The molecule has 3 heterocycles. The highest BCUT2D eigenvalue weighted by Gasteiger charge is 2.78. The lowest BCUT2D eigenvalue weighted by Gasteiger charge is -2.54. The number of amides is 3. The van der Waals surface area contributed by atoms with E-state index >= 15 is 0 Å². The zero-order valence-electron chi connectivity index (χ0n) is 22.3. The van der Waals surface area contributed by atoms with Gasteiger partial charge in [0.05, 0.1) is 35.1 Å². The maximum Gasteiger partial charge on any atom is 0.315 e. The van der Waals surface area contributed by atoms with Crippen molar-refractivity contribution in [3.63, 3.8) is 0 Å².